The highest BCUT2D eigenvalue weighted by Gasteiger charge is 2.51. The Labute approximate surface area is 478 Å². The highest BCUT2D eigenvalue weighted by atomic mass is 16.7. The van der Waals surface area contributed by atoms with Crippen LogP contribution in [-0.4, -0.2) is 140 Å². The summed E-state index contributed by atoms with van der Waals surface area (Å²) in [5.41, 5.74) is 0. The van der Waals surface area contributed by atoms with Gasteiger partial charge in [-0.05, 0) is 77.0 Å². The molecule has 9 N–H and O–H groups in total. The monoisotopic (exact) mass is 1120 g/mol. The fourth-order valence-electron chi connectivity index (χ4n) is 9.80. The van der Waals surface area contributed by atoms with Gasteiger partial charge in [-0.3, -0.25) is 4.79 Å². The van der Waals surface area contributed by atoms with Crippen LogP contribution in [0.15, 0.2) is 85.1 Å². The number of hydrogen-bond donors (Lipinski definition) is 9. The topological polar surface area (TPSA) is 228 Å². The van der Waals surface area contributed by atoms with Crippen LogP contribution in [0.3, 0.4) is 0 Å². The van der Waals surface area contributed by atoms with Crippen LogP contribution in [0.2, 0.25) is 0 Å². The van der Waals surface area contributed by atoms with Crippen molar-refractivity contribution in [2.75, 3.05) is 19.8 Å². The molecule has 0 spiro atoms. The number of nitrogens with one attached hydrogen (secondary N) is 1. The first-order valence-electron chi connectivity index (χ1n) is 31.3. The van der Waals surface area contributed by atoms with Crippen LogP contribution in [0.1, 0.15) is 226 Å². The van der Waals surface area contributed by atoms with E-state index in [9.17, 15) is 45.6 Å². The van der Waals surface area contributed by atoms with Gasteiger partial charge in [0.2, 0.25) is 5.91 Å². The predicted molar refractivity (Wildman–Crippen MR) is 318 cm³/mol. The Morgan fingerprint density at radius 2 is 0.886 bits per heavy atom. The molecule has 14 heteroatoms. The molecule has 0 aliphatic carbocycles. The largest absolute Gasteiger partial charge is 0.394 e. The summed E-state index contributed by atoms with van der Waals surface area (Å²) in [7, 11) is 0. The standard InChI is InChI=1S/C65H113NO13/c1-3-5-7-9-11-13-15-17-19-21-23-24-25-26-27-28-29-30-31-33-35-37-39-41-43-45-47-49-57(70)66-53(54(69)48-46-44-42-40-38-36-34-32-22-20-18-16-14-12-10-8-6-4-2)52-76-64-62(75)60(73)63(56(51-68)78-64)79-65-61(74)59(72)58(71)55(50-67)77-65/h5,7,11,13,17,19,23-24,26-27,38,40,46,48,53-56,58-65,67-69,71-75H,3-4,6,8-10,12,14-16,18,20-22,25,28-37,39,41-45,47,49-52H2,1-2H3,(H,66,70)/b7-5-,13-11-,19-17-,24-23-,27-26-,40-38+,48-46+. The highest BCUT2D eigenvalue weighted by molar-refractivity contribution is 5.76. The third kappa shape index (κ3) is 35.0. The van der Waals surface area contributed by atoms with Gasteiger partial charge in [0.15, 0.2) is 12.6 Å². The predicted octanol–water partition coefficient (Wildman–Crippen LogP) is 11.3. The molecule has 1 amide bonds. The number of rotatable bonds is 49. The van der Waals surface area contributed by atoms with E-state index in [2.05, 4.69) is 92.1 Å². The second kappa shape index (κ2) is 49.8. The number of aliphatic hydroxyl groups excluding tert-OH is 8. The van der Waals surface area contributed by atoms with Crippen molar-refractivity contribution in [3.8, 4) is 0 Å². The molecule has 2 saturated heterocycles. The van der Waals surface area contributed by atoms with Gasteiger partial charge in [-0.2, -0.15) is 0 Å². The molecule has 2 heterocycles. The minimum Gasteiger partial charge on any atom is -0.394 e. The molecule has 0 saturated carbocycles. The van der Waals surface area contributed by atoms with Crippen LogP contribution in [0.4, 0.5) is 0 Å². The van der Waals surface area contributed by atoms with Crippen molar-refractivity contribution in [3.05, 3.63) is 85.1 Å². The fraction of sp³-hybridized carbons (Fsp3) is 0.769. The van der Waals surface area contributed by atoms with E-state index in [1.807, 2.05) is 6.08 Å². The number of carbonyl (C=O) groups is 1. The lowest BCUT2D eigenvalue weighted by Crippen LogP contribution is -2.65. The number of unbranched alkanes of at least 4 members (excludes halogenated alkanes) is 24. The molecule has 0 bridgehead atoms. The summed E-state index contributed by atoms with van der Waals surface area (Å²) in [5.74, 6) is -0.255. The second-order valence-corrected chi connectivity index (χ2v) is 21.8. The molecule has 0 radical (unpaired) electrons. The Balaban J connectivity index is 1.74. The van der Waals surface area contributed by atoms with Crippen LogP contribution in [0.5, 0.6) is 0 Å². The van der Waals surface area contributed by atoms with Crippen LogP contribution in [-0.2, 0) is 23.7 Å². The fourth-order valence-corrected chi connectivity index (χ4v) is 9.80. The SMILES string of the molecule is CC/C=C\C/C=C\C/C=C\C/C=C\C/C=C\CCCCCCCCCCCCCC(=O)NC(COC1OC(CO)C(OC2OC(CO)C(O)C(O)C2O)C(O)C1O)C(O)/C=C/CC/C=C/CCCCCCCCCCCCCC. The summed E-state index contributed by atoms with van der Waals surface area (Å²) in [6.45, 7) is 2.67. The van der Waals surface area contributed by atoms with E-state index >= 15 is 0 Å². The van der Waals surface area contributed by atoms with Crippen molar-refractivity contribution in [2.24, 2.45) is 0 Å². The van der Waals surface area contributed by atoms with Crippen molar-refractivity contribution < 1.29 is 64.6 Å². The van der Waals surface area contributed by atoms with E-state index in [4.69, 9.17) is 18.9 Å². The second-order valence-electron chi connectivity index (χ2n) is 21.8. The molecule has 79 heavy (non-hydrogen) atoms. The van der Waals surface area contributed by atoms with Crippen LogP contribution in [0, 0.1) is 0 Å². The summed E-state index contributed by atoms with van der Waals surface area (Å²) in [4.78, 5) is 13.3. The highest BCUT2D eigenvalue weighted by Crippen LogP contribution is 2.30. The maximum atomic E-state index is 13.3. The Kier molecular flexibility index (Phi) is 45.5. The number of aliphatic hydroxyl groups is 8. The summed E-state index contributed by atoms with van der Waals surface area (Å²) in [5, 5.41) is 87.2. The van der Waals surface area contributed by atoms with Gasteiger partial charge in [-0.15, -0.1) is 0 Å². The molecule has 2 rings (SSSR count). The molecular formula is C65H113NO13. The first kappa shape index (κ1) is 72.3. The first-order chi connectivity index (χ1) is 38.6. The minimum absolute atomic E-state index is 0.255. The molecule has 2 aliphatic rings. The van der Waals surface area contributed by atoms with Gasteiger partial charge in [-0.1, -0.05) is 227 Å². The van der Waals surface area contributed by atoms with Gasteiger partial charge in [0.25, 0.3) is 0 Å². The number of amides is 1. The maximum absolute atomic E-state index is 13.3. The smallest absolute Gasteiger partial charge is 0.220 e. The molecule has 12 atom stereocenters. The number of ether oxygens (including phenoxy) is 4. The Morgan fingerprint density at radius 1 is 0.468 bits per heavy atom. The van der Waals surface area contributed by atoms with Gasteiger partial charge in [-0.25, -0.2) is 0 Å². The zero-order chi connectivity index (χ0) is 57.4. The maximum Gasteiger partial charge on any atom is 0.220 e. The van der Waals surface area contributed by atoms with E-state index in [0.717, 1.165) is 70.6 Å². The van der Waals surface area contributed by atoms with E-state index in [-0.39, 0.29) is 18.9 Å². The summed E-state index contributed by atoms with van der Waals surface area (Å²) < 4.78 is 22.8. The van der Waals surface area contributed by atoms with Crippen LogP contribution in [0.25, 0.3) is 0 Å². The summed E-state index contributed by atoms with van der Waals surface area (Å²) in [6, 6.07) is -0.938. The number of carbonyl (C=O) groups excluding carboxylic acids is 1. The molecule has 0 aromatic carbocycles. The van der Waals surface area contributed by atoms with Gasteiger partial charge < -0.3 is 65.1 Å². The quantitative estimate of drug-likeness (QED) is 0.0204. The Bertz CT molecular complexity index is 1650. The van der Waals surface area contributed by atoms with E-state index < -0.39 is 86.8 Å². The van der Waals surface area contributed by atoms with Gasteiger partial charge in [0.05, 0.1) is 32.0 Å². The van der Waals surface area contributed by atoms with Crippen molar-refractivity contribution >= 4 is 5.91 Å². The average molecular weight is 1120 g/mol. The van der Waals surface area contributed by atoms with Crippen LogP contribution >= 0.6 is 0 Å². The van der Waals surface area contributed by atoms with E-state index in [0.29, 0.717) is 12.8 Å². The molecule has 0 aromatic heterocycles. The summed E-state index contributed by atoms with van der Waals surface area (Å²) >= 11 is 0. The molecule has 12 unspecified atom stereocenters. The molecule has 2 fully saturated rings. The first-order valence-corrected chi connectivity index (χ1v) is 31.3. The molecule has 456 valence electrons. The minimum atomic E-state index is -1.79. The van der Waals surface area contributed by atoms with Crippen molar-refractivity contribution in [1.82, 2.24) is 5.32 Å². The van der Waals surface area contributed by atoms with Crippen molar-refractivity contribution in [1.29, 1.82) is 0 Å². The zero-order valence-electron chi connectivity index (χ0n) is 49.1. The third-order valence-electron chi connectivity index (χ3n) is 14.8. The van der Waals surface area contributed by atoms with Crippen molar-refractivity contribution in [2.45, 2.75) is 299 Å². The average Bonchev–Trinajstić information content (AvgIpc) is 3.46. The molecular weight excluding hydrogens is 1000 g/mol. The normalized spacial score (nSPS) is 25.0. The lowest BCUT2D eigenvalue weighted by atomic mass is 9.97. The van der Waals surface area contributed by atoms with E-state index in [1.54, 1.807) is 6.08 Å². The lowest BCUT2D eigenvalue weighted by Gasteiger charge is -2.46. The lowest BCUT2D eigenvalue weighted by molar-refractivity contribution is -0.359. The van der Waals surface area contributed by atoms with Crippen LogP contribution < -0.4 is 5.32 Å². The third-order valence-corrected chi connectivity index (χ3v) is 14.8. The Morgan fingerprint density at radius 3 is 1.39 bits per heavy atom. The van der Waals surface area contributed by atoms with Gasteiger partial charge >= 0.3 is 0 Å². The van der Waals surface area contributed by atoms with Crippen molar-refractivity contribution in [3.63, 3.8) is 0 Å². The van der Waals surface area contributed by atoms with E-state index in [1.165, 1.54) is 122 Å². The number of allylic oxidation sites excluding steroid dienone is 13. The van der Waals surface area contributed by atoms with Gasteiger partial charge in [0.1, 0.15) is 48.8 Å². The zero-order valence-corrected chi connectivity index (χ0v) is 49.1. The molecule has 0 aromatic rings. The number of hydrogen-bond acceptors (Lipinski definition) is 13. The molecule has 2 aliphatic heterocycles. The van der Waals surface area contributed by atoms with Gasteiger partial charge in [0, 0.05) is 6.42 Å². The summed E-state index contributed by atoms with van der Waals surface area (Å²) in [6.07, 6.45) is 50.5. The Hall–Kier alpha value is -2.83. The molecule has 14 nitrogen and oxygen atoms in total.